The number of aryl methyl sites for hydroxylation is 1. The highest BCUT2D eigenvalue weighted by Gasteiger charge is 2.65. The number of carbonyl (C=O) groups excluding carboxylic acids is 1. The third-order valence-electron chi connectivity index (χ3n) is 3.69. The molecule has 2 atom stereocenters. The SMILES string of the molecule is Cc1cc(F)cc(NC(=O)[C@H]2[C@@H](C(=O)O)C2(C)C)c1. The molecular formula is C14H16FNO3. The van der Waals surface area contributed by atoms with Crippen molar-refractivity contribution in [3.63, 3.8) is 0 Å². The summed E-state index contributed by atoms with van der Waals surface area (Å²) in [5, 5.41) is 11.6. The van der Waals surface area contributed by atoms with Gasteiger partial charge in [0, 0.05) is 5.69 Å². The van der Waals surface area contributed by atoms with Crippen LogP contribution in [-0.4, -0.2) is 17.0 Å². The smallest absolute Gasteiger partial charge is 0.307 e. The third-order valence-corrected chi connectivity index (χ3v) is 3.69. The van der Waals surface area contributed by atoms with E-state index in [9.17, 15) is 14.0 Å². The van der Waals surface area contributed by atoms with Gasteiger partial charge in [-0.2, -0.15) is 0 Å². The van der Waals surface area contributed by atoms with Gasteiger partial charge in [0.2, 0.25) is 5.91 Å². The first-order chi connectivity index (χ1) is 8.73. The standard InChI is InChI=1S/C14H16FNO3/c1-7-4-8(15)6-9(5-7)16-12(17)10-11(13(18)19)14(10,2)3/h4-6,10-11H,1-3H3,(H,16,17)(H,18,19)/t10-,11+/m1/s1. The first-order valence-electron chi connectivity index (χ1n) is 6.04. The van der Waals surface area contributed by atoms with E-state index in [-0.39, 0.29) is 5.91 Å². The van der Waals surface area contributed by atoms with Gasteiger partial charge in [-0.3, -0.25) is 9.59 Å². The molecule has 0 bridgehead atoms. The molecule has 2 N–H and O–H groups in total. The molecule has 2 rings (SSSR count). The van der Waals surface area contributed by atoms with Gasteiger partial charge in [-0.05, 0) is 36.1 Å². The van der Waals surface area contributed by atoms with Crippen LogP contribution >= 0.6 is 0 Å². The van der Waals surface area contributed by atoms with Gasteiger partial charge in [-0.15, -0.1) is 0 Å². The molecule has 4 nitrogen and oxygen atoms in total. The Morgan fingerprint density at radius 3 is 2.37 bits per heavy atom. The van der Waals surface area contributed by atoms with E-state index in [4.69, 9.17) is 5.11 Å². The molecular weight excluding hydrogens is 249 g/mol. The molecule has 1 aromatic rings. The summed E-state index contributed by atoms with van der Waals surface area (Å²) in [6, 6.07) is 4.22. The van der Waals surface area contributed by atoms with Crippen molar-refractivity contribution in [2.45, 2.75) is 20.8 Å². The first-order valence-corrected chi connectivity index (χ1v) is 6.04. The lowest BCUT2D eigenvalue weighted by Crippen LogP contribution is -2.17. The highest BCUT2D eigenvalue weighted by molar-refractivity contribution is 5.99. The molecule has 0 heterocycles. The van der Waals surface area contributed by atoms with Crippen molar-refractivity contribution < 1.29 is 19.1 Å². The average Bonchev–Trinajstić information content (AvgIpc) is 2.80. The van der Waals surface area contributed by atoms with E-state index in [1.165, 1.54) is 12.1 Å². The zero-order valence-corrected chi connectivity index (χ0v) is 11.0. The van der Waals surface area contributed by atoms with Gasteiger partial charge in [-0.25, -0.2) is 4.39 Å². The van der Waals surface area contributed by atoms with E-state index in [0.29, 0.717) is 11.3 Å². The van der Waals surface area contributed by atoms with Crippen LogP contribution in [0, 0.1) is 30.0 Å². The minimum Gasteiger partial charge on any atom is -0.481 e. The van der Waals surface area contributed by atoms with Gasteiger partial charge in [0.1, 0.15) is 5.82 Å². The Balaban J connectivity index is 2.13. The van der Waals surface area contributed by atoms with Crippen LogP contribution in [0.25, 0.3) is 0 Å². The van der Waals surface area contributed by atoms with Crippen molar-refractivity contribution in [1.82, 2.24) is 0 Å². The first kappa shape index (κ1) is 13.5. The molecule has 1 amide bonds. The summed E-state index contributed by atoms with van der Waals surface area (Å²) in [6.07, 6.45) is 0. The lowest BCUT2D eigenvalue weighted by Gasteiger charge is -2.07. The van der Waals surface area contributed by atoms with Gasteiger partial charge in [-0.1, -0.05) is 13.8 Å². The number of anilines is 1. The van der Waals surface area contributed by atoms with Crippen molar-refractivity contribution in [3.8, 4) is 0 Å². The number of benzene rings is 1. The van der Waals surface area contributed by atoms with Crippen LogP contribution in [0.4, 0.5) is 10.1 Å². The number of aliphatic carboxylic acids is 1. The molecule has 0 aliphatic heterocycles. The number of rotatable bonds is 3. The van der Waals surface area contributed by atoms with Gasteiger partial charge >= 0.3 is 5.97 Å². The molecule has 0 saturated heterocycles. The van der Waals surface area contributed by atoms with Crippen LogP contribution in [0.5, 0.6) is 0 Å². The molecule has 1 aromatic carbocycles. The lowest BCUT2D eigenvalue weighted by molar-refractivity contribution is -0.140. The van der Waals surface area contributed by atoms with E-state index >= 15 is 0 Å². The highest BCUT2D eigenvalue weighted by Crippen LogP contribution is 2.58. The van der Waals surface area contributed by atoms with Crippen molar-refractivity contribution in [3.05, 3.63) is 29.6 Å². The summed E-state index contributed by atoms with van der Waals surface area (Å²) in [5.74, 6) is -3.03. The molecule has 1 saturated carbocycles. The Morgan fingerprint density at radius 2 is 1.89 bits per heavy atom. The minimum atomic E-state index is -0.972. The summed E-state index contributed by atoms with van der Waals surface area (Å²) in [5.41, 5.74) is 0.493. The van der Waals surface area contributed by atoms with Crippen LogP contribution in [0.15, 0.2) is 18.2 Å². The Labute approximate surface area is 110 Å². The fraction of sp³-hybridized carbons (Fsp3) is 0.429. The number of carbonyl (C=O) groups is 2. The Kier molecular flexibility index (Phi) is 3.08. The van der Waals surface area contributed by atoms with E-state index in [1.54, 1.807) is 26.8 Å². The highest BCUT2D eigenvalue weighted by atomic mass is 19.1. The van der Waals surface area contributed by atoms with Crippen LogP contribution in [0.1, 0.15) is 19.4 Å². The predicted octanol–water partition coefficient (Wildman–Crippen LogP) is 2.43. The molecule has 19 heavy (non-hydrogen) atoms. The van der Waals surface area contributed by atoms with Crippen molar-refractivity contribution >= 4 is 17.6 Å². The molecule has 1 aliphatic rings. The molecule has 5 heteroatoms. The molecule has 0 radical (unpaired) electrons. The van der Waals surface area contributed by atoms with Crippen LogP contribution in [0.2, 0.25) is 0 Å². The summed E-state index contributed by atoms with van der Waals surface area (Å²) in [7, 11) is 0. The van der Waals surface area contributed by atoms with E-state index in [2.05, 4.69) is 5.32 Å². The van der Waals surface area contributed by atoms with Crippen LogP contribution in [-0.2, 0) is 9.59 Å². The minimum absolute atomic E-state index is 0.356. The van der Waals surface area contributed by atoms with Gasteiger partial charge < -0.3 is 10.4 Å². The molecule has 0 aromatic heterocycles. The molecule has 0 spiro atoms. The number of carboxylic acid groups (broad SMARTS) is 1. The topological polar surface area (TPSA) is 66.4 Å². The normalized spacial score (nSPS) is 23.8. The van der Waals surface area contributed by atoms with Crippen LogP contribution < -0.4 is 5.32 Å². The van der Waals surface area contributed by atoms with Crippen molar-refractivity contribution in [2.24, 2.45) is 17.3 Å². The van der Waals surface area contributed by atoms with Crippen LogP contribution in [0.3, 0.4) is 0 Å². The fourth-order valence-corrected chi connectivity index (χ4v) is 2.62. The predicted molar refractivity (Wildman–Crippen MR) is 68.2 cm³/mol. The van der Waals surface area contributed by atoms with E-state index in [1.807, 2.05) is 0 Å². The summed E-state index contributed by atoms with van der Waals surface area (Å²) in [6.45, 7) is 5.21. The quantitative estimate of drug-likeness (QED) is 0.882. The van der Waals surface area contributed by atoms with Crippen molar-refractivity contribution in [1.29, 1.82) is 0 Å². The zero-order valence-electron chi connectivity index (χ0n) is 11.0. The Morgan fingerprint density at radius 1 is 1.26 bits per heavy atom. The maximum atomic E-state index is 13.2. The zero-order chi connectivity index (χ0) is 14.4. The molecule has 1 fully saturated rings. The lowest BCUT2D eigenvalue weighted by atomic mass is 10.1. The largest absolute Gasteiger partial charge is 0.481 e. The van der Waals surface area contributed by atoms with Gasteiger partial charge in [0.25, 0.3) is 0 Å². The second-order valence-corrected chi connectivity index (χ2v) is 5.62. The van der Waals surface area contributed by atoms with E-state index < -0.39 is 29.0 Å². The number of amides is 1. The van der Waals surface area contributed by atoms with Gasteiger partial charge in [0.05, 0.1) is 11.8 Å². The Bertz CT molecular complexity index is 533. The molecule has 102 valence electrons. The number of nitrogens with one attached hydrogen (secondary N) is 1. The monoisotopic (exact) mass is 265 g/mol. The number of hydrogen-bond donors (Lipinski definition) is 2. The number of carboxylic acids is 1. The van der Waals surface area contributed by atoms with Gasteiger partial charge in [0.15, 0.2) is 0 Å². The maximum Gasteiger partial charge on any atom is 0.307 e. The second kappa shape index (κ2) is 4.33. The summed E-state index contributed by atoms with van der Waals surface area (Å²) < 4.78 is 13.2. The number of halogens is 1. The molecule has 0 unspecified atom stereocenters. The Hall–Kier alpha value is -1.91. The summed E-state index contributed by atoms with van der Waals surface area (Å²) in [4.78, 5) is 23.0. The maximum absolute atomic E-state index is 13.2. The van der Waals surface area contributed by atoms with E-state index in [0.717, 1.165) is 0 Å². The van der Waals surface area contributed by atoms with Crippen molar-refractivity contribution in [2.75, 3.05) is 5.32 Å². The fourth-order valence-electron chi connectivity index (χ4n) is 2.62. The second-order valence-electron chi connectivity index (χ2n) is 5.62. The number of hydrogen-bond acceptors (Lipinski definition) is 2. The molecule has 1 aliphatic carbocycles. The summed E-state index contributed by atoms with van der Waals surface area (Å²) >= 11 is 0. The average molecular weight is 265 g/mol. The third kappa shape index (κ3) is 2.45.